The summed E-state index contributed by atoms with van der Waals surface area (Å²) >= 11 is 6.34. The molecule has 0 bridgehead atoms. The van der Waals surface area contributed by atoms with Crippen LogP contribution in [0.5, 0.6) is 0 Å². The van der Waals surface area contributed by atoms with Crippen LogP contribution >= 0.6 is 11.6 Å². The van der Waals surface area contributed by atoms with Crippen molar-refractivity contribution >= 4 is 28.9 Å². The summed E-state index contributed by atoms with van der Waals surface area (Å²) in [7, 11) is 0. The van der Waals surface area contributed by atoms with Gasteiger partial charge in [0.15, 0.2) is 5.65 Å². The van der Waals surface area contributed by atoms with Crippen LogP contribution in [0.4, 0.5) is 16.0 Å². The molecule has 0 radical (unpaired) electrons. The van der Waals surface area contributed by atoms with Crippen LogP contribution in [0.25, 0.3) is 16.9 Å². The van der Waals surface area contributed by atoms with E-state index in [1.54, 1.807) is 35.8 Å². The first-order valence-electron chi connectivity index (χ1n) is 8.98. The van der Waals surface area contributed by atoms with Gasteiger partial charge in [-0.1, -0.05) is 23.7 Å². The average molecular weight is 423 g/mol. The molecule has 0 aliphatic heterocycles. The van der Waals surface area contributed by atoms with Gasteiger partial charge in [0.1, 0.15) is 40.4 Å². The SMILES string of the molecule is Cc1nn2cc([C@H](C)Nc3ncnc(N)c3C#N)c(-c3ccccc3F)nc2c1Cl. The second kappa shape index (κ2) is 7.57. The van der Waals surface area contributed by atoms with E-state index in [9.17, 15) is 9.65 Å². The third-order valence-corrected chi connectivity index (χ3v) is 5.12. The minimum absolute atomic E-state index is 0.0691. The lowest BCUT2D eigenvalue weighted by atomic mass is 10.0. The van der Waals surface area contributed by atoms with Crippen LogP contribution in [-0.4, -0.2) is 24.6 Å². The van der Waals surface area contributed by atoms with E-state index >= 15 is 0 Å². The van der Waals surface area contributed by atoms with Crippen LogP contribution in [-0.2, 0) is 0 Å². The maximum Gasteiger partial charge on any atom is 0.174 e. The van der Waals surface area contributed by atoms with Gasteiger partial charge in [0.25, 0.3) is 0 Å². The van der Waals surface area contributed by atoms with Crippen molar-refractivity contribution in [3.63, 3.8) is 0 Å². The van der Waals surface area contributed by atoms with Crippen LogP contribution in [0.15, 0.2) is 36.8 Å². The van der Waals surface area contributed by atoms with Crippen molar-refractivity contribution in [1.82, 2.24) is 24.6 Å². The highest BCUT2D eigenvalue weighted by molar-refractivity contribution is 6.34. The molecule has 0 fully saturated rings. The topological polar surface area (TPSA) is 118 Å². The zero-order valence-corrected chi connectivity index (χ0v) is 16.8. The quantitative estimate of drug-likeness (QED) is 0.511. The summed E-state index contributed by atoms with van der Waals surface area (Å²) in [6, 6.07) is 7.91. The molecule has 0 aliphatic carbocycles. The molecule has 3 aromatic heterocycles. The predicted molar refractivity (Wildman–Crippen MR) is 111 cm³/mol. The normalized spacial score (nSPS) is 12.0. The van der Waals surface area contributed by atoms with Gasteiger partial charge in [-0.3, -0.25) is 0 Å². The number of nitriles is 1. The number of fused-ring (bicyclic) bond motifs is 1. The van der Waals surface area contributed by atoms with Crippen LogP contribution in [0.1, 0.15) is 29.8 Å². The molecule has 4 aromatic rings. The number of hydrogen-bond donors (Lipinski definition) is 2. The summed E-state index contributed by atoms with van der Waals surface area (Å²) in [4.78, 5) is 12.6. The molecule has 150 valence electrons. The number of nitrogens with zero attached hydrogens (tertiary/aromatic N) is 6. The van der Waals surface area contributed by atoms with E-state index in [2.05, 4.69) is 25.4 Å². The fourth-order valence-corrected chi connectivity index (χ4v) is 3.32. The van der Waals surface area contributed by atoms with Crippen molar-refractivity contribution in [2.24, 2.45) is 0 Å². The van der Waals surface area contributed by atoms with Gasteiger partial charge >= 0.3 is 0 Å². The number of nitrogen functional groups attached to an aromatic ring is 1. The van der Waals surface area contributed by atoms with E-state index in [1.807, 2.05) is 13.0 Å². The molecule has 10 heteroatoms. The average Bonchev–Trinajstić information content (AvgIpc) is 3.01. The second-order valence-corrected chi connectivity index (χ2v) is 7.03. The fourth-order valence-electron chi connectivity index (χ4n) is 3.16. The van der Waals surface area contributed by atoms with Crippen molar-refractivity contribution in [2.45, 2.75) is 19.9 Å². The summed E-state index contributed by atoms with van der Waals surface area (Å²) in [5, 5.41) is 17.3. The summed E-state index contributed by atoms with van der Waals surface area (Å²) < 4.78 is 16.2. The number of aromatic nitrogens is 5. The van der Waals surface area contributed by atoms with E-state index in [0.29, 0.717) is 33.2 Å². The zero-order chi connectivity index (χ0) is 21.4. The molecule has 1 atom stereocenters. The zero-order valence-electron chi connectivity index (χ0n) is 16.1. The standard InChI is InChI=1S/C20H16ClFN8/c1-10(27-19-13(7-23)18(24)25-9-26-19)14-8-30-20(16(21)11(2)29-30)28-17(14)12-5-3-4-6-15(12)22/h3-6,8-10H,1-2H3,(H3,24,25,26,27)/t10-/m0/s1. The molecular weight excluding hydrogens is 407 g/mol. The summed E-state index contributed by atoms with van der Waals surface area (Å²) in [5.41, 5.74) is 8.30. The van der Waals surface area contributed by atoms with Crippen LogP contribution in [0.3, 0.4) is 0 Å². The molecule has 4 rings (SSSR count). The van der Waals surface area contributed by atoms with Gasteiger partial charge in [-0.15, -0.1) is 0 Å². The van der Waals surface area contributed by atoms with Crippen LogP contribution < -0.4 is 11.1 Å². The lowest BCUT2D eigenvalue weighted by molar-refractivity contribution is 0.630. The minimum Gasteiger partial charge on any atom is -0.382 e. The Balaban J connectivity index is 1.89. The van der Waals surface area contributed by atoms with Crippen molar-refractivity contribution in [2.75, 3.05) is 11.1 Å². The lowest BCUT2D eigenvalue weighted by Crippen LogP contribution is -2.14. The van der Waals surface area contributed by atoms with Gasteiger partial charge < -0.3 is 11.1 Å². The Hall–Kier alpha value is -3.77. The first kappa shape index (κ1) is 19.5. The molecule has 0 unspecified atom stereocenters. The fraction of sp³-hybridized carbons (Fsp3) is 0.150. The summed E-state index contributed by atoms with van der Waals surface area (Å²) in [5.74, 6) is -0.0782. The summed E-state index contributed by atoms with van der Waals surface area (Å²) in [6.07, 6.45) is 3.00. The number of halogens is 2. The number of anilines is 2. The van der Waals surface area contributed by atoms with Gasteiger partial charge in [-0.2, -0.15) is 10.4 Å². The molecule has 1 aromatic carbocycles. The number of nitrogens with one attached hydrogen (secondary N) is 1. The van der Waals surface area contributed by atoms with E-state index in [4.69, 9.17) is 17.3 Å². The van der Waals surface area contributed by atoms with Crippen molar-refractivity contribution in [1.29, 1.82) is 5.26 Å². The Kier molecular flexibility index (Phi) is 4.93. The first-order chi connectivity index (χ1) is 14.4. The molecule has 3 heterocycles. The Morgan fingerprint density at radius 2 is 2.07 bits per heavy atom. The Bertz CT molecular complexity index is 1310. The number of aryl methyl sites for hydroxylation is 1. The lowest BCUT2D eigenvalue weighted by Gasteiger charge is -2.19. The van der Waals surface area contributed by atoms with Crippen LogP contribution in [0.2, 0.25) is 5.02 Å². The third kappa shape index (κ3) is 3.27. The molecule has 0 aliphatic rings. The second-order valence-electron chi connectivity index (χ2n) is 6.65. The van der Waals surface area contributed by atoms with Crippen LogP contribution in [0, 0.1) is 24.1 Å². The number of benzene rings is 1. The largest absolute Gasteiger partial charge is 0.382 e. The molecule has 8 nitrogen and oxygen atoms in total. The number of nitrogens with two attached hydrogens (primary N) is 1. The molecule has 0 spiro atoms. The third-order valence-electron chi connectivity index (χ3n) is 4.68. The maximum absolute atomic E-state index is 14.6. The Morgan fingerprint density at radius 3 is 2.80 bits per heavy atom. The minimum atomic E-state index is -0.429. The van der Waals surface area contributed by atoms with Crippen molar-refractivity contribution < 1.29 is 4.39 Å². The van der Waals surface area contributed by atoms with E-state index in [-0.39, 0.29) is 17.2 Å². The van der Waals surface area contributed by atoms with E-state index < -0.39 is 11.9 Å². The molecular formula is C20H16ClFN8. The van der Waals surface area contributed by atoms with Crippen molar-refractivity contribution in [3.8, 4) is 17.3 Å². The van der Waals surface area contributed by atoms with E-state index in [0.717, 1.165) is 0 Å². The molecule has 3 N–H and O–H groups in total. The number of hydrogen-bond acceptors (Lipinski definition) is 7. The molecule has 0 saturated carbocycles. The highest BCUT2D eigenvalue weighted by Gasteiger charge is 2.21. The Morgan fingerprint density at radius 1 is 1.30 bits per heavy atom. The predicted octanol–water partition coefficient (Wildman–Crippen LogP) is 3.91. The van der Waals surface area contributed by atoms with Gasteiger partial charge in [-0.05, 0) is 26.0 Å². The van der Waals surface area contributed by atoms with Gasteiger partial charge in [-0.25, -0.2) is 23.9 Å². The van der Waals surface area contributed by atoms with Gasteiger partial charge in [0.05, 0.1) is 17.4 Å². The highest BCUT2D eigenvalue weighted by atomic mass is 35.5. The molecule has 0 saturated heterocycles. The van der Waals surface area contributed by atoms with Gasteiger partial charge in [0, 0.05) is 17.3 Å². The Labute approximate surface area is 176 Å². The smallest absolute Gasteiger partial charge is 0.174 e. The molecule has 30 heavy (non-hydrogen) atoms. The highest BCUT2D eigenvalue weighted by Crippen LogP contribution is 2.33. The maximum atomic E-state index is 14.6. The van der Waals surface area contributed by atoms with Gasteiger partial charge in [0.2, 0.25) is 0 Å². The van der Waals surface area contributed by atoms with Crippen molar-refractivity contribution in [3.05, 3.63) is 64.5 Å². The monoisotopic (exact) mass is 422 g/mol. The summed E-state index contributed by atoms with van der Waals surface area (Å²) in [6.45, 7) is 3.61. The molecule has 0 amide bonds. The van der Waals surface area contributed by atoms with E-state index in [1.165, 1.54) is 12.4 Å². The first-order valence-corrected chi connectivity index (χ1v) is 9.36. The number of rotatable bonds is 4.